The molecule has 2 fully saturated rings. The molecule has 2 atom stereocenters. The highest BCUT2D eigenvalue weighted by Gasteiger charge is 2.42. The second-order valence-corrected chi connectivity index (χ2v) is 13.5. The van der Waals surface area contributed by atoms with Crippen LogP contribution in [0.4, 0.5) is 9.59 Å². The lowest BCUT2D eigenvalue weighted by molar-refractivity contribution is 0.00130. The zero-order valence-corrected chi connectivity index (χ0v) is 26.0. The van der Waals surface area contributed by atoms with Gasteiger partial charge in [0.25, 0.3) is 5.56 Å². The molecule has 1 unspecified atom stereocenters. The molecule has 0 bridgehead atoms. The standard InChI is InChI=1S/C35H44N4O4/c1-34(2,3)43-33(42)37-20-21-39(30(24-37)27-14-10-7-11-15-27)32(41)38-19-17-29(35(4,5)25-38)23-36-18-16-28(22-31(36)40)26-12-8-6-9-13-26/h6-16,18,22,29-30H,17,19-21,23-25H2,1-5H3/t29?,30-/m0/s1. The van der Waals surface area contributed by atoms with Crippen molar-refractivity contribution in [1.29, 1.82) is 0 Å². The summed E-state index contributed by atoms with van der Waals surface area (Å²) in [4.78, 5) is 45.6. The number of aromatic nitrogens is 1. The number of carbonyl (C=O) groups is 2. The van der Waals surface area contributed by atoms with Gasteiger partial charge in [-0.15, -0.1) is 0 Å². The number of amides is 3. The maximum Gasteiger partial charge on any atom is 0.410 e. The summed E-state index contributed by atoms with van der Waals surface area (Å²) < 4.78 is 7.45. The summed E-state index contributed by atoms with van der Waals surface area (Å²) in [5.74, 6) is 0.241. The quantitative estimate of drug-likeness (QED) is 0.362. The Morgan fingerprint density at radius 1 is 0.884 bits per heavy atom. The Balaban J connectivity index is 1.28. The molecular weight excluding hydrogens is 540 g/mol. The van der Waals surface area contributed by atoms with Crippen LogP contribution < -0.4 is 5.56 Å². The minimum Gasteiger partial charge on any atom is -0.444 e. The van der Waals surface area contributed by atoms with Gasteiger partial charge in [-0.3, -0.25) is 4.79 Å². The van der Waals surface area contributed by atoms with E-state index in [4.69, 9.17) is 4.74 Å². The Labute approximate surface area is 254 Å². The Kier molecular flexibility index (Phi) is 8.67. The fourth-order valence-electron chi connectivity index (χ4n) is 6.26. The normalized spacial score (nSPS) is 20.5. The van der Waals surface area contributed by atoms with Crippen molar-refractivity contribution >= 4 is 12.1 Å². The molecule has 0 spiro atoms. The van der Waals surface area contributed by atoms with Gasteiger partial charge in [0.2, 0.25) is 0 Å². The van der Waals surface area contributed by atoms with Gasteiger partial charge in [-0.25, -0.2) is 9.59 Å². The highest BCUT2D eigenvalue weighted by molar-refractivity contribution is 5.76. The number of urea groups is 1. The first-order chi connectivity index (χ1) is 20.4. The number of piperidine rings is 1. The average molecular weight is 585 g/mol. The van der Waals surface area contributed by atoms with Crippen LogP contribution in [0.15, 0.2) is 83.8 Å². The molecule has 0 radical (unpaired) electrons. The van der Waals surface area contributed by atoms with Crippen molar-refractivity contribution < 1.29 is 14.3 Å². The molecule has 2 saturated heterocycles. The topological polar surface area (TPSA) is 75.1 Å². The number of benzene rings is 2. The van der Waals surface area contributed by atoms with Gasteiger partial charge in [0.05, 0.1) is 6.04 Å². The SMILES string of the molecule is CC(C)(C)OC(=O)N1CCN(C(=O)N2CCC(Cn3ccc(-c4ccccc4)cc3=O)C(C)(C)C2)[C@H](c2ccccc2)C1. The average Bonchev–Trinajstić information content (AvgIpc) is 2.98. The highest BCUT2D eigenvalue weighted by Crippen LogP contribution is 2.37. The fraction of sp³-hybridized carbons (Fsp3) is 0.457. The van der Waals surface area contributed by atoms with Crippen molar-refractivity contribution in [3.63, 3.8) is 0 Å². The number of pyridine rings is 1. The molecular formula is C35H44N4O4. The largest absolute Gasteiger partial charge is 0.444 e. The van der Waals surface area contributed by atoms with Gasteiger partial charge in [0.1, 0.15) is 5.60 Å². The van der Waals surface area contributed by atoms with E-state index in [-0.39, 0.29) is 35.1 Å². The molecule has 2 aliphatic rings. The summed E-state index contributed by atoms with van der Waals surface area (Å²) in [6, 6.07) is 23.3. The van der Waals surface area contributed by atoms with E-state index < -0.39 is 5.60 Å². The van der Waals surface area contributed by atoms with Crippen molar-refractivity contribution in [2.45, 2.75) is 59.2 Å². The number of likely N-dealkylation sites (tertiary alicyclic amines) is 1. The molecule has 228 valence electrons. The molecule has 8 heteroatoms. The van der Waals surface area contributed by atoms with Crippen molar-refractivity contribution in [3.8, 4) is 11.1 Å². The van der Waals surface area contributed by atoms with E-state index in [2.05, 4.69) is 13.8 Å². The Bertz CT molecular complexity index is 1480. The van der Waals surface area contributed by atoms with Gasteiger partial charge in [0.15, 0.2) is 0 Å². The lowest BCUT2D eigenvalue weighted by atomic mass is 9.73. The third-order valence-corrected chi connectivity index (χ3v) is 8.70. The van der Waals surface area contributed by atoms with Crippen LogP contribution in [0.2, 0.25) is 0 Å². The number of hydrogen-bond acceptors (Lipinski definition) is 4. The van der Waals surface area contributed by atoms with Crippen molar-refractivity contribution in [2.75, 3.05) is 32.7 Å². The summed E-state index contributed by atoms with van der Waals surface area (Å²) in [5.41, 5.74) is 2.16. The van der Waals surface area contributed by atoms with E-state index in [0.29, 0.717) is 39.3 Å². The number of piperazine rings is 1. The van der Waals surface area contributed by atoms with Crippen LogP contribution in [-0.2, 0) is 11.3 Å². The lowest BCUT2D eigenvalue weighted by Crippen LogP contribution is -2.58. The maximum atomic E-state index is 14.1. The molecule has 3 aromatic rings. The van der Waals surface area contributed by atoms with Gasteiger partial charge in [0, 0.05) is 51.5 Å². The van der Waals surface area contributed by atoms with Gasteiger partial charge < -0.3 is 24.0 Å². The number of hydrogen-bond donors (Lipinski definition) is 0. The third-order valence-electron chi connectivity index (χ3n) is 8.70. The second kappa shape index (κ2) is 12.3. The Morgan fingerprint density at radius 3 is 2.19 bits per heavy atom. The first-order valence-electron chi connectivity index (χ1n) is 15.3. The molecule has 0 N–H and O–H groups in total. The molecule has 8 nitrogen and oxygen atoms in total. The summed E-state index contributed by atoms with van der Waals surface area (Å²) in [6.45, 7) is 13.0. The van der Waals surface area contributed by atoms with Gasteiger partial charge in [-0.05, 0) is 61.3 Å². The first kappa shape index (κ1) is 30.4. The fourth-order valence-corrected chi connectivity index (χ4v) is 6.26. The summed E-state index contributed by atoms with van der Waals surface area (Å²) in [5, 5.41) is 0. The molecule has 5 rings (SSSR count). The van der Waals surface area contributed by atoms with Crippen LogP contribution in [-0.4, -0.2) is 69.7 Å². The minimum absolute atomic E-state index is 0.00593. The third kappa shape index (κ3) is 7.12. The van der Waals surface area contributed by atoms with E-state index in [1.54, 1.807) is 15.5 Å². The zero-order valence-electron chi connectivity index (χ0n) is 26.0. The van der Waals surface area contributed by atoms with Crippen molar-refractivity contribution in [3.05, 3.63) is 94.9 Å². The van der Waals surface area contributed by atoms with Crippen molar-refractivity contribution in [1.82, 2.24) is 19.3 Å². The second-order valence-electron chi connectivity index (χ2n) is 13.5. The molecule has 3 heterocycles. The number of carbonyl (C=O) groups excluding carboxylic acids is 2. The zero-order chi connectivity index (χ0) is 30.8. The summed E-state index contributed by atoms with van der Waals surface area (Å²) in [6.07, 6.45) is 2.35. The number of rotatable bonds is 4. The van der Waals surface area contributed by atoms with Gasteiger partial charge in [-0.1, -0.05) is 74.5 Å². The Morgan fingerprint density at radius 2 is 1.56 bits per heavy atom. The van der Waals surface area contributed by atoms with Gasteiger partial charge >= 0.3 is 12.1 Å². The van der Waals surface area contributed by atoms with Crippen LogP contribution in [0.5, 0.6) is 0 Å². The van der Waals surface area contributed by atoms with E-state index >= 15 is 0 Å². The molecule has 2 aromatic carbocycles. The van der Waals surface area contributed by atoms with E-state index in [1.165, 1.54) is 0 Å². The predicted octanol–water partition coefficient (Wildman–Crippen LogP) is 6.28. The van der Waals surface area contributed by atoms with Crippen molar-refractivity contribution in [2.24, 2.45) is 11.3 Å². The van der Waals surface area contributed by atoms with E-state index in [9.17, 15) is 14.4 Å². The highest BCUT2D eigenvalue weighted by atomic mass is 16.6. The van der Waals surface area contributed by atoms with Crippen LogP contribution in [0.1, 0.15) is 52.6 Å². The molecule has 0 saturated carbocycles. The van der Waals surface area contributed by atoms with Crippen LogP contribution in [0.3, 0.4) is 0 Å². The lowest BCUT2D eigenvalue weighted by Gasteiger charge is -2.48. The smallest absolute Gasteiger partial charge is 0.410 e. The minimum atomic E-state index is -0.586. The number of ether oxygens (including phenoxy) is 1. The molecule has 2 aliphatic heterocycles. The van der Waals surface area contributed by atoms with Crippen LogP contribution >= 0.6 is 0 Å². The van der Waals surface area contributed by atoms with E-state index in [1.807, 2.05) is 103 Å². The summed E-state index contributed by atoms with van der Waals surface area (Å²) >= 11 is 0. The maximum absolute atomic E-state index is 14.1. The van der Waals surface area contributed by atoms with Crippen LogP contribution in [0, 0.1) is 11.3 Å². The van der Waals surface area contributed by atoms with E-state index in [0.717, 1.165) is 23.1 Å². The Hall–Kier alpha value is -4.07. The number of nitrogens with zero attached hydrogens (tertiary/aromatic N) is 4. The first-order valence-corrected chi connectivity index (χ1v) is 15.3. The molecule has 0 aliphatic carbocycles. The van der Waals surface area contributed by atoms with Crippen LogP contribution in [0.25, 0.3) is 11.1 Å². The summed E-state index contributed by atoms with van der Waals surface area (Å²) in [7, 11) is 0. The molecule has 3 amide bonds. The monoisotopic (exact) mass is 584 g/mol. The molecule has 1 aromatic heterocycles. The predicted molar refractivity (Wildman–Crippen MR) is 169 cm³/mol. The molecule has 43 heavy (non-hydrogen) atoms. The van der Waals surface area contributed by atoms with Gasteiger partial charge in [-0.2, -0.15) is 0 Å².